The van der Waals surface area contributed by atoms with E-state index in [9.17, 15) is 0 Å². The smallest absolute Gasteiger partial charge is 0.212 e. The SMILES string of the molecule is COc1ccc(-c2cn(Cc3nncn3C3CCCCC3)nn2)cn1. The van der Waals surface area contributed by atoms with E-state index in [0.29, 0.717) is 18.5 Å². The quantitative estimate of drug-likeness (QED) is 0.710. The Morgan fingerprint density at radius 1 is 1.16 bits per heavy atom. The second-order valence-electron chi connectivity index (χ2n) is 6.34. The zero-order valence-electron chi connectivity index (χ0n) is 14.2. The van der Waals surface area contributed by atoms with Gasteiger partial charge in [-0.1, -0.05) is 24.5 Å². The molecule has 0 saturated heterocycles. The van der Waals surface area contributed by atoms with E-state index < -0.39 is 0 Å². The Morgan fingerprint density at radius 3 is 2.80 bits per heavy atom. The summed E-state index contributed by atoms with van der Waals surface area (Å²) in [7, 11) is 1.60. The van der Waals surface area contributed by atoms with Crippen LogP contribution in [0.25, 0.3) is 11.3 Å². The van der Waals surface area contributed by atoms with Gasteiger partial charge in [0.25, 0.3) is 0 Å². The van der Waals surface area contributed by atoms with Crippen molar-refractivity contribution >= 4 is 0 Å². The van der Waals surface area contributed by atoms with Crippen LogP contribution < -0.4 is 4.74 Å². The number of pyridine rings is 1. The third kappa shape index (κ3) is 3.38. The van der Waals surface area contributed by atoms with Gasteiger partial charge in [0.1, 0.15) is 18.6 Å². The first-order valence-electron chi connectivity index (χ1n) is 8.62. The number of aromatic nitrogens is 7. The predicted octanol–water partition coefficient (Wildman–Crippen LogP) is 2.49. The van der Waals surface area contributed by atoms with Crippen molar-refractivity contribution in [1.29, 1.82) is 0 Å². The Kier molecular flexibility index (Phi) is 4.41. The highest BCUT2D eigenvalue weighted by molar-refractivity contribution is 5.56. The lowest BCUT2D eigenvalue weighted by Crippen LogP contribution is -2.16. The van der Waals surface area contributed by atoms with E-state index in [1.165, 1.54) is 32.1 Å². The Morgan fingerprint density at radius 2 is 2.04 bits per heavy atom. The lowest BCUT2D eigenvalue weighted by molar-refractivity contribution is 0.342. The van der Waals surface area contributed by atoms with Gasteiger partial charge in [-0.05, 0) is 18.9 Å². The average Bonchev–Trinajstić information content (AvgIpc) is 3.33. The molecular formula is C17H21N7O. The van der Waals surface area contributed by atoms with E-state index in [1.807, 2.05) is 24.7 Å². The highest BCUT2D eigenvalue weighted by Crippen LogP contribution is 2.28. The number of methoxy groups -OCH3 is 1. The van der Waals surface area contributed by atoms with E-state index in [-0.39, 0.29) is 0 Å². The molecule has 0 spiro atoms. The number of ether oxygens (including phenoxy) is 1. The summed E-state index contributed by atoms with van der Waals surface area (Å²) >= 11 is 0. The molecule has 0 radical (unpaired) electrons. The van der Waals surface area contributed by atoms with Gasteiger partial charge in [0.05, 0.1) is 13.3 Å². The van der Waals surface area contributed by atoms with Gasteiger partial charge in [0.15, 0.2) is 5.82 Å². The normalized spacial score (nSPS) is 15.4. The molecule has 0 aliphatic heterocycles. The molecule has 8 nitrogen and oxygen atoms in total. The Hall–Kier alpha value is -2.77. The zero-order chi connectivity index (χ0) is 17.1. The van der Waals surface area contributed by atoms with Crippen molar-refractivity contribution in [3.8, 4) is 17.1 Å². The molecule has 0 unspecified atom stereocenters. The van der Waals surface area contributed by atoms with Crippen molar-refractivity contribution < 1.29 is 4.74 Å². The monoisotopic (exact) mass is 339 g/mol. The third-order valence-corrected chi connectivity index (χ3v) is 4.70. The summed E-state index contributed by atoms with van der Waals surface area (Å²) in [5, 5.41) is 16.9. The lowest BCUT2D eigenvalue weighted by Gasteiger charge is -2.23. The van der Waals surface area contributed by atoms with Gasteiger partial charge in [0.2, 0.25) is 5.88 Å². The van der Waals surface area contributed by atoms with Crippen molar-refractivity contribution in [3.63, 3.8) is 0 Å². The molecule has 4 rings (SSSR count). The Balaban J connectivity index is 1.50. The molecule has 0 aromatic carbocycles. The van der Waals surface area contributed by atoms with Gasteiger partial charge in [-0.2, -0.15) is 0 Å². The average molecular weight is 339 g/mol. The molecule has 3 aromatic rings. The summed E-state index contributed by atoms with van der Waals surface area (Å²) in [6.45, 7) is 0.563. The summed E-state index contributed by atoms with van der Waals surface area (Å²) in [6, 6.07) is 4.24. The standard InChI is InChI=1S/C17H21N7O/c1-25-17-8-7-13(9-18-17)15-10-23(22-20-15)11-16-21-19-12-24(16)14-5-3-2-4-6-14/h7-10,12,14H,2-6,11H2,1H3. The predicted molar refractivity (Wildman–Crippen MR) is 91.1 cm³/mol. The van der Waals surface area contributed by atoms with Crippen molar-refractivity contribution in [2.45, 2.75) is 44.7 Å². The van der Waals surface area contributed by atoms with Gasteiger partial charge in [-0.25, -0.2) is 9.67 Å². The van der Waals surface area contributed by atoms with E-state index in [1.54, 1.807) is 18.0 Å². The molecule has 0 bridgehead atoms. The fraction of sp³-hybridized carbons (Fsp3) is 0.471. The van der Waals surface area contributed by atoms with Crippen LogP contribution in [0.5, 0.6) is 5.88 Å². The summed E-state index contributed by atoms with van der Waals surface area (Å²) in [6.07, 6.45) is 11.8. The van der Waals surface area contributed by atoms with Crippen molar-refractivity contribution in [2.24, 2.45) is 0 Å². The van der Waals surface area contributed by atoms with Crippen LogP contribution in [0, 0.1) is 0 Å². The van der Waals surface area contributed by atoms with E-state index >= 15 is 0 Å². The number of hydrogen-bond donors (Lipinski definition) is 0. The van der Waals surface area contributed by atoms with Crippen molar-refractivity contribution in [2.75, 3.05) is 7.11 Å². The molecule has 1 fully saturated rings. The second kappa shape index (κ2) is 7.00. The fourth-order valence-electron chi connectivity index (χ4n) is 3.35. The van der Waals surface area contributed by atoms with Crippen LogP contribution in [0.4, 0.5) is 0 Å². The second-order valence-corrected chi connectivity index (χ2v) is 6.34. The molecule has 130 valence electrons. The van der Waals surface area contributed by atoms with E-state index in [2.05, 4.69) is 30.1 Å². The van der Waals surface area contributed by atoms with Gasteiger partial charge in [0, 0.05) is 23.9 Å². The maximum absolute atomic E-state index is 5.08. The Bertz CT molecular complexity index is 818. The molecule has 3 aromatic heterocycles. The van der Waals surface area contributed by atoms with Gasteiger partial charge in [-0.15, -0.1) is 15.3 Å². The highest BCUT2D eigenvalue weighted by atomic mass is 16.5. The molecule has 1 aliphatic rings. The molecular weight excluding hydrogens is 318 g/mol. The maximum atomic E-state index is 5.08. The molecule has 25 heavy (non-hydrogen) atoms. The van der Waals surface area contributed by atoms with Gasteiger partial charge < -0.3 is 9.30 Å². The zero-order valence-corrected chi connectivity index (χ0v) is 14.2. The lowest BCUT2D eigenvalue weighted by atomic mass is 9.95. The number of hydrogen-bond acceptors (Lipinski definition) is 6. The topological polar surface area (TPSA) is 83.5 Å². The fourth-order valence-corrected chi connectivity index (χ4v) is 3.35. The van der Waals surface area contributed by atoms with Crippen LogP contribution >= 0.6 is 0 Å². The Labute approximate surface area is 145 Å². The van der Waals surface area contributed by atoms with Gasteiger partial charge >= 0.3 is 0 Å². The molecule has 8 heteroatoms. The van der Waals surface area contributed by atoms with E-state index in [0.717, 1.165) is 17.1 Å². The minimum atomic E-state index is 0.507. The van der Waals surface area contributed by atoms with Crippen LogP contribution in [0.1, 0.15) is 44.0 Å². The van der Waals surface area contributed by atoms with Crippen LogP contribution in [-0.4, -0.2) is 41.9 Å². The van der Waals surface area contributed by atoms with Crippen LogP contribution in [0.2, 0.25) is 0 Å². The molecule has 3 heterocycles. The number of rotatable bonds is 5. The first-order valence-corrected chi connectivity index (χ1v) is 8.62. The summed E-state index contributed by atoms with van der Waals surface area (Å²) < 4.78 is 9.08. The van der Waals surface area contributed by atoms with Crippen molar-refractivity contribution in [3.05, 3.63) is 36.7 Å². The highest BCUT2D eigenvalue weighted by Gasteiger charge is 2.19. The first kappa shape index (κ1) is 15.7. The third-order valence-electron chi connectivity index (χ3n) is 4.70. The molecule has 0 N–H and O–H groups in total. The molecule has 1 saturated carbocycles. The van der Waals surface area contributed by atoms with E-state index in [4.69, 9.17) is 4.74 Å². The number of nitrogens with zero attached hydrogens (tertiary/aromatic N) is 7. The summed E-state index contributed by atoms with van der Waals surface area (Å²) in [4.78, 5) is 4.21. The molecule has 0 atom stereocenters. The first-order chi connectivity index (χ1) is 12.3. The molecule has 0 amide bonds. The summed E-state index contributed by atoms with van der Waals surface area (Å²) in [5.74, 6) is 1.51. The maximum Gasteiger partial charge on any atom is 0.212 e. The minimum Gasteiger partial charge on any atom is -0.481 e. The van der Waals surface area contributed by atoms with Crippen LogP contribution in [0.3, 0.4) is 0 Å². The summed E-state index contributed by atoms with van der Waals surface area (Å²) in [5.41, 5.74) is 1.68. The molecule has 1 aliphatic carbocycles. The van der Waals surface area contributed by atoms with Crippen molar-refractivity contribution in [1.82, 2.24) is 34.7 Å². The van der Waals surface area contributed by atoms with Crippen LogP contribution in [0.15, 0.2) is 30.9 Å². The van der Waals surface area contributed by atoms with Gasteiger partial charge in [-0.3, -0.25) is 0 Å². The van der Waals surface area contributed by atoms with Crippen LogP contribution in [-0.2, 0) is 6.54 Å². The minimum absolute atomic E-state index is 0.507. The largest absolute Gasteiger partial charge is 0.481 e.